The zero-order valence-corrected chi connectivity index (χ0v) is 12.5. The van der Waals surface area contributed by atoms with Gasteiger partial charge in [0.05, 0.1) is 30.8 Å². The fourth-order valence-electron chi connectivity index (χ4n) is 1.92. The van der Waals surface area contributed by atoms with Crippen molar-refractivity contribution in [1.82, 2.24) is 5.43 Å². The van der Waals surface area contributed by atoms with Gasteiger partial charge in [-0.1, -0.05) is 17.7 Å². The second kappa shape index (κ2) is 6.82. The van der Waals surface area contributed by atoms with Crippen LogP contribution in [0.1, 0.15) is 18.9 Å². The molecule has 0 radical (unpaired) electrons. The van der Waals surface area contributed by atoms with E-state index in [4.69, 9.17) is 21.1 Å². The number of nitrogens with zero attached hydrogens (tertiary/aromatic N) is 2. The first-order valence-electron chi connectivity index (χ1n) is 6.43. The van der Waals surface area contributed by atoms with E-state index in [1.54, 1.807) is 13.0 Å². The zero-order chi connectivity index (χ0) is 16.2. The van der Waals surface area contributed by atoms with Crippen LogP contribution >= 0.6 is 11.6 Å². The highest BCUT2D eigenvalue weighted by Crippen LogP contribution is 2.24. The summed E-state index contributed by atoms with van der Waals surface area (Å²) in [4.78, 5) is 21.9. The number of hydrogen-bond acceptors (Lipinski definition) is 6. The van der Waals surface area contributed by atoms with E-state index >= 15 is 0 Å². The van der Waals surface area contributed by atoms with Crippen LogP contribution in [-0.2, 0) is 14.3 Å². The minimum absolute atomic E-state index is 0.00507. The minimum atomic E-state index is -0.932. The summed E-state index contributed by atoms with van der Waals surface area (Å²) in [7, 11) is 0. The Bertz CT molecular complexity index is 614. The number of carbonyl (C=O) groups excluding carboxylic acids is 1. The van der Waals surface area contributed by atoms with E-state index in [0.29, 0.717) is 18.8 Å². The Balaban J connectivity index is 1.93. The summed E-state index contributed by atoms with van der Waals surface area (Å²) in [5.74, 6) is -1.32. The van der Waals surface area contributed by atoms with Crippen molar-refractivity contribution in [2.24, 2.45) is 5.10 Å². The van der Waals surface area contributed by atoms with Crippen molar-refractivity contribution in [3.05, 3.63) is 38.9 Å². The van der Waals surface area contributed by atoms with Gasteiger partial charge in [0.1, 0.15) is 5.02 Å². The maximum absolute atomic E-state index is 11.7. The lowest BCUT2D eigenvalue weighted by atomic mass is 10.2. The molecule has 0 aromatic heterocycles. The highest BCUT2D eigenvalue weighted by molar-refractivity contribution is 6.32. The van der Waals surface area contributed by atoms with E-state index in [1.165, 1.54) is 18.3 Å². The average molecular weight is 328 g/mol. The molecule has 22 heavy (non-hydrogen) atoms. The van der Waals surface area contributed by atoms with Gasteiger partial charge in [0.15, 0.2) is 5.79 Å². The Morgan fingerprint density at radius 3 is 2.86 bits per heavy atom. The molecular formula is C13H14ClN3O5. The van der Waals surface area contributed by atoms with Crippen molar-refractivity contribution < 1.29 is 19.2 Å². The fraction of sp³-hybridized carbons (Fsp3) is 0.385. The lowest BCUT2D eigenvalue weighted by molar-refractivity contribution is -0.384. The summed E-state index contributed by atoms with van der Waals surface area (Å²) in [6.07, 6.45) is 1.30. The molecule has 0 aliphatic carbocycles. The number of hydrazone groups is 1. The normalized spacial score (nSPS) is 16.8. The van der Waals surface area contributed by atoms with Crippen molar-refractivity contribution in [3.8, 4) is 0 Å². The molecule has 118 valence electrons. The maximum atomic E-state index is 11.7. The van der Waals surface area contributed by atoms with Gasteiger partial charge in [-0.25, -0.2) is 5.43 Å². The SMILES string of the molecule is CC1(CC(=O)N/N=C/c2ccc(Cl)c([N+](=O)[O-])c2)OCCO1. The van der Waals surface area contributed by atoms with E-state index in [2.05, 4.69) is 10.5 Å². The average Bonchev–Trinajstić information content (AvgIpc) is 2.86. The summed E-state index contributed by atoms with van der Waals surface area (Å²) in [5, 5.41) is 14.5. The molecule has 0 unspecified atom stereocenters. The molecule has 1 aromatic rings. The fourth-order valence-corrected chi connectivity index (χ4v) is 2.11. The van der Waals surface area contributed by atoms with Gasteiger partial charge in [0, 0.05) is 11.6 Å². The van der Waals surface area contributed by atoms with Gasteiger partial charge in [-0.3, -0.25) is 14.9 Å². The first-order chi connectivity index (χ1) is 10.4. The number of halogens is 1. The molecule has 1 aliphatic rings. The van der Waals surface area contributed by atoms with Gasteiger partial charge in [0.2, 0.25) is 5.91 Å². The van der Waals surface area contributed by atoms with Crippen LogP contribution in [-0.4, -0.2) is 36.0 Å². The van der Waals surface area contributed by atoms with Gasteiger partial charge in [0.25, 0.3) is 5.69 Å². The Morgan fingerprint density at radius 2 is 2.23 bits per heavy atom. The number of nitrogens with one attached hydrogen (secondary N) is 1. The van der Waals surface area contributed by atoms with E-state index in [-0.39, 0.29) is 23.0 Å². The van der Waals surface area contributed by atoms with Gasteiger partial charge >= 0.3 is 0 Å². The third-order valence-electron chi connectivity index (χ3n) is 2.95. The smallest absolute Gasteiger partial charge is 0.288 e. The molecule has 8 nitrogen and oxygen atoms in total. The molecule has 1 saturated heterocycles. The van der Waals surface area contributed by atoms with Crippen LogP contribution in [0.15, 0.2) is 23.3 Å². The van der Waals surface area contributed by atoms with Crippen LogP contribution in [0, 0.1) is 10.1 Å². The van der Waals surface area contributed by atoms with E-state index in [9.17, 15) is 14.9 Å². The number of rotatable bonds is 5. The van der Waals surface area contributed by atoms with Crippen molar-refractivity contribution in [2.45, 2.75) is 19.1 Å². The Hall–Kier alpha value is -2.03. The van der Waals surface area contributed by atoms with Crippen LogP contribution in [0.25, 0.3) is 0 Å². The molecule has 1 aliphatic heterocycles. The van der Waals surface area contributed by atoms with Crippen molar-refractivity contribution in [2.75, 3.05) is 13.2 Å². The van der Waals surface area contributed by atoms with Crippen molar-refractivity contribution in [3.63, 3.8) is 0 Å². The first-order valence-corrected chi connectivity index (χ1v) is 6.81. The van der Waals surface area contributed by atoms with Crippen molar-refractivity contribution in [1.29, 1.82) is 0 Å². The summed E-state index contributed by atoms with van der Waals surface area (Å²) in [6, 6.07) is 4.21. The van der Waals surface area contributed by atoms with Crippen LogP contribution in [0.3, 0.4) is 0 Å². The standard InChI is InChI=1S/C13H14ClN3O5/c1-13(21-4-5-22-13)7-12(18)16-15-8-9-2-3-10(14)11(6-9)17(19)20/h2-3,6,8H,4-5,7H2,1H3,(H,16,18)/b15-8+. The summed E-state index contributed by atoms with van der Waals surface area (Å²) in [5.41, 5.74) is 2.53. The maximum Gasteiger partial charge on any atom is 0.288 e. The number of hydrogen-bond donors (Lipinski definition) is 1. The first kappa shape index (κ1) is 16.3. The van der Waals surface area contributed by atoms with E-state index < -0.39 is 10.7 Å². The second-order valence-corrected chi connectivity index (χ2v) is 5.18. The molecule has 1 aromatic carbocycles. The Kier molecular flexibility index (Phi) is 5.07. The van der Waals surface area contributed by atoms with Gasteiger partial charge in [-0.05, 0) is 13.0 Å². The third-order valence-corrected chi connectivity index (χ3v) is 3.27. The highest BCUT2D eigenvalue weighted by Gasteiger charge is 2.33. The lowest BCUT2D eigenvalue weighted by Crippen LogP contribution is -2.33. The molecule has 0 saturated carbocycles. The van der Waals surface area contributed by atoms with Crippen LogP contribution in [0.5, 0.6) is 0 Å². The van der Waals surface area contributed by atoms with Crippen molar-refractivity contribution >= 4 is 29.4 Å². The predicted molar refractivity (Wildman–Crippen MR) is 78.8 cm³/mol. The Labute approximate surface area is 131 Å². The van der Waals surface area contributed by atoms with E-state index in [1.807, 2.05) is 0 Å². The molecule has 0 atom stereocenters. The number of benzene rings is 1. The highest BCUT2D eigenvalue weighted by atomic mass is 35.5. The molecule has 2 rings (SSSR count). The van der Waals surface area contributed by atoms with Crippen LogP contribution in [0.4, 0.5) is 5.69 Å². The molecular weight excluding hydrogens is 314 g/mol. The molecule has 9 heteroatoms. The molecule has 1 heterocycles. The predicted octanol–water partition coefficient (Wildman–Crippen LogP) is 1.85. The number of nitro groups is 1. The summed E-state index contributed by atoms with van der Waals surface area (Å²) in [6.45, 7) is 2.56. The number of amides is 1. The van der Waals surface area contributed by atoms with E-state index in [0.717, 1.165) is 0 Å². The second-order valence-electron chi connectivity index (χ2n) is 4.77. The minimum Gasteiger partial charge on any atom is -0.347 e. The Morgan fingerprint density at radius 1 is 1.55 bits per heavy atom. The molecule has 0 bridgehead atoms. The zero-order valence-electron chi connectivity index (χ0n) is 11.7. The number of nitro benzene ring substituents is 1. The van der Waals surface area contributed by atoms with Gasteiger partial charge < -0.3 is 9.47 Å². The monoisotopic (exact) mass is 327 g/mol. The van der Waals surface area contributed by atoms with Crippen LogP contribution in [0.2, 0.25) is 5.02 Å². The molecule has 1 N–H and O–H groups in total. The molecule has 0 spiro atoms. The van der Waals surface area contributed by atoms with Gasteiger partial charge in [-0.2, -0.15) is 5.10 Å². The largest absolute Gasteiger partial charge is 0.347 e. The third kappa shape index (κ3) is 4.23. The summed E-state index contributed by atoms with van der Waals surface area (Å²) >= 11 is 5.70. The summed E-state index contributed by atoms with van der Waals surface area (Å²) < 4.78 is 10.6. The quantitative estimate of drug-likeness (QED) is 0.505. The molecule has 1 amide bonds. The van der Waals surface area contributed by atoms with Crippen LogP contribution < -0.4 is 5.43 Å². The number of carbonyl (C=O) groups is 1. The number of ether oxygens (including phenoxy) is 2. The van der Waals surface area contributed by atoms with Gasteiger partial charge in [-0.15, -0.1) is 0 Å². The lowest BCUT2D eigenvalue weighted by Gasteiger charge is -2.20. The molecule has 1 fully saturated rings. The topological polar surface area (TPSA) is 103 Å².